The molecule has 1 atom stereocenters. The van der Waals surface area contributed by atoms with Crippen LogP contribution in [0.5, 0.6) is 0 Å². The van der Waals surface area contributed by atoms with E-state index in [-0.39, 0.29) is 11.9 Å². The standard InChI is InChI=1S/C28H34N4O2/c1-20-18-31(13-14-32(20)26(33)16-21-8-4-2-5-9-21)28-24(17-29)23-12-15-34-19-25(23)27(30-28)22-10-6-3-7-11-22/h2,4-5,8-9,20,22H,3,6-7,10-16,18-19H2,1H3/t20-/m1/s1. The predicted molar refractivity (Wildman–Crippen MR) is 132 cm³/mol. The number of hydrogen-bond acceptors (Lipinski definition) is 5. The number of aromatic nitrogens is 1. The molecule has 2 aliphatic heterocycles. The van der Waals surface area contributed by atoms with E-state index in [1.54, 1.807) is 0 Å². The van der Waals surface area contributed by atoms with E-state index >= 15 is 0 Å². The number of amides is 1. The van der Waals surface area contributed by atoms with Gasteiger partial charge in [-0.1, -0.05) is 49.6 Å². The van der Waals surface area contributed by atoms with E-state index in [1.165, 1.54) is 43.4 Å². The number of nitrogens with zero attached hydrogens (tertiary/aromatic N) is 4. The first-order valence-electron chi connectivity index (χ1n) is 12.8. The van der Waals surface area contributed by atoms with E-state index in [9.17, 15) is 10.1 Å². The molecule has 5 rings (SSSR count). The van der Waals surface area contributed by atoms with Crippen LogP contribution in [0.2, 0.25) is 0 Å². The minimum atomic E-state index is 0.0656. The summed E-state index contributed by atoms with van der Waals surface area (Å²) in [4.78, 5) is 22.5. The molecular weight excluding hydrogens is 424 g/mol. The average molecular weight is 459 g/mol. The van der Waals surface area contributed by atoms with E-state index < -0.39 is 0 Å². The molecule has 6 nitrogen and oxygen atoms in total. The molecule has 3 aliphatic rings. The highest BCUT2D eigenvalue weighted by Gasteiger charge is 2.33. The summed E-state index contributed by atoms with van der Waals surface area (Å²) in [7, 11) is 0. The lowest BCUT2D eigenvalue weighted by molar-refractivity contribution is -0.132. The molecule has 1 aromatic heterocycles. The van der Waals surface area contributed by atoms with Gasteiger partial charge in [0.1, 0.15) is 11.9 Å². The molecule has 178 valence electrons. The summed E-state index contributed by atoms with van der Waals surface area (Å²) in [5.74, 6) is 1.45. The molecule has 1 saturated carbocycles. The van der Waals surface area contributed by atoms with Gasteiger partial charge in [0.05, 0.1) is 30.9 Å². The lowest BCUT2D eigenvalue weighted by Gasteiger charge is -2.41. The molecule has 2 fully saturated rings. The first-order valence-corrected chi connectivity index (χ1v) is 12.8. The largest absolute Gasteiger partial charge is 0.376 e. The van der Waals surface area contributed by atoms with E-state index in [2.05, 4.69) is 17.9 Å². The maximum absolute atomic E-state index is 13.0. The van der Waals surface area contributed by atoms with Gasteiger partial charge >= 0.3 is 0 Å². The van der Waals surface area contributed by atoms with Crippen LogP contribution in [0.4, 0.5) is 5.82 Å². The number of carbonyl (C=O) groups is 1. The fourth-order valence-electron chi connectivity index (χ4n) is 5.92. The van der Waals surface area contributed by atoms with Gasteiger partial charge < -0.3 is 14.5 Å². The van der Waals surface area contributed by atoms with Crippen molar-refractivity contribution in [1.29, 1.82) is 5.26 Å². The number of benzene rings is 1. The third-order valence-corrected chi connectivity index (χ3v) is 7.72. The van der Waals surface area contributed by atoms with Gasteiger partial charge in [-0.2, -0.15) is 5.26 Å². The van der Waals surface area contributed by atoms with E-state index in [0.29, 0.717) is 50.8 Å². The molecule has 0 bridgehead atoms. The lowest BCUT2D eigenvalue weighted by atomic mass is 9.82. The summed E-state index contributed by atoms with van der Waals surface area (Å²) in [6.07, 6.45) is 7.34. The van der Waals surface area contributed by atoms with Crippen LogP contribution in [0, 0.1) is 11.3 Å². The second-order valence-corrected chi connectivity index (χ2v) is 9.95. The molecule has 0 spiro atoms. The highest BCUT2D eigenvalue weighted by atomic mass is 16.5. The van der Waals surface area contributed by atoms with Crippen LogP contribution in [0.1, 0.15) is 72.9 Å². The highest BCUT2D eigenvalue weighted by molar-refractivity contribution is 5.79. The number of ether oxygens (including phenoxy) is 1. The van der Waals surface area contributed by atoms with Crippen LogP contribution < -0.4 is 4.90 Å². The van der Waals surface area contributed by atoms with E-state index in [4.69, 9.17) is 9.72 Å². The summed E-state index contributed by atoms with van der Waals surface area (Å²) in [6.45, 7) is 5.38. The molecule has 6 heteroatoms. The quantitative estimate of drug-likeness (QED) is 0.681. The van der Waals surface area contributed by atoms with Crippen LogP contribution in [-0.2, 0) is 29.0 Å². The van der Waals surface area contributed by atoms with Gasteiger partial charge in [-0.3, -0.25) is 4.79 Å². The van der Waals surface area contributed by atoms with Gasteiger partial charge in [-0.25, -0.2) is 4.98 Å². The molecule has 2 aromatic rings. The van der Waals surface area contributed by atoms with Crippen molar-refractivity contribution in [2.24, 2.45) is 0 Å². The monoisotopic (exact) mass is 458 g/mol. The zero-order valence-electron chi connectivity index (χ0n) is 20.1. The van der Waals surface area contributed by atoms with Crippen molar-refractivity contribution in [2.45, 2.75) is 70.4 Å². The smallest absolute Gasteiger partial charge is 0.227 e. The van der Waals surface area contributed by atoms with Crippen LogP contribution in [-0.4, -0.2) is 48.1 Å². The van der Waals surface area contributed by atoms with Crippen LogP contribution in [0.25, 0.3) is 0 Å². The maximum Gasteiger partial charge on any atom is 0.227 e. The van der Waals surface area contributed by atoms with Crippen molar-refractivity contribution in [2.75, 3.05) is 31.1 Å². The van der Waals surface area contributed by atoms with Crippen molar-refractivity contribution in [1.82, 2.24) is 9.88 Å². The molecule has 1 amide bonds. The summed E-state index contributed by atoms with van der Waals surface area (Å²) < 4.78 is 5.81. The number of piperazine rings is 1. The molecular formula is C28H34N4O2. The molecule has 1 saturated heterocycles. The molecule has 1 aliphatic carbocycles. The van der Waals surface area contributed by atoms with Crippen molar-refractivity contribution >= 4 is 11.7 Å². The number of nitriles is 1. The number of fused-ring (bicyclic) bond motifs is 1. The molecule has 3 heterocycles. The Morgan fingerprint density at radius 3 is 2.68 bits per heavy atom. The van der Waals surface area contributed by atoms with Gasteiger partial charge in [0.2, 0.25) is 5.91 Å². The Kier molecular flexibility index (Phi) is 6.82. The van der Waals surface area contributed by atoms with Crippen molar-refractivity contribution < 1.29 is 9.53 Å². The van der Waals surface area contributed by atoms with Gasteiger partial charge in [0, 0.05) is 37.2 Å². The summed E-state index contributed by atoms with van der Waals surface area (Å²) in [5, 5.41) is 10.2. The topological polar surface area (TPSA) is 69.5 Å². The molecule has 0 radical (unpaired) electrons. The van der Waals surface area contributed by atoms with Crippen LogP contribution in [0.15, 0.2) is 30.3 Å². The summed E-state index contributed by atoms with van der Waals surface area (Å²) >= 11 is 0. The van der Waals surface area contributed by atoms with Crippen LogP contribution >= 0.6 is 0 Å². The van der Waals surface area contributed by atoms with Crippen LogP contribution in [0.3, 0.4) is 0 Å². The number of pyridine rings is 1. The third-order valence-electron chi connectivity index (χ3n) is 7.72. The molecule has 0 unspecified atom stereocenters. The minimum absolute atomic E-state index is 0.0656. The Hall–Kier alpha value is -2.91. The van der Waals surface area contributed by atoms with E-state index in [1.807, 2.05) is 35.2 Å². The first-order chi connectivity index (χ1) is 16.7. The zero-order valence-corrected chi connectivity index (χ0v) is 20.1. The lowest BCUT2D eigenvalue weighted by Crippen LogP contribution is -2.55. The Labute approximate surface area is 202 Å². The Morgan fingerprint density at radius 2 is 1.94 bits per heavy atom. The fourth-order valence-corrected chi connectivity index (χ4v) is 5.92. The maximum atomic E-state index is 13.0. The van der Waals surface area contributed by atoms with E-state index in [0.717, 1.165) is 23.4 Å². The third kappa shape index (κ3) is 4.54. The molecule has 34 heavy (non-hydrogen) atoms. The SMILES string of the molecule is C[C@@H]1CN(c2nc(C3CCCCC3)c3c(c2C#N)CCOC3)CCN1C(=O)Cc1ccccc1. The normalized spacial score (nSPS) is 21.1. The summed E-state index contributed by atoms with van der Waals surface area (Å²) in [5.41, 5.74) is 5.25. The first kappa shape index (κ1) is 22.9. The Bertz CT molecular complexity index is 1070. The predicted octanol–water partition coefficient (Wildman–Crippen LogP) is 4.35. The zero-order chi connectivity index (χ0) is 23.5. The minimum Gasteiger partial charge on any atom is -0.376 e. The average Bonchev–Trinajstić information content (AvgIpc) is 2.88. The molecule has 0 N–H and O–H groups in total. The van der Waals surface area contributed by atoms with Gasteiger partial charge in [-0.05, 0) is 37.3 Å². The van der Waals surface area contributed by atoms with Crippen molar-refractivity contribution in [3.8, 4) is 6.07 Å². The van der Waals surface area contributed by atoms with Gasteiger partial charge in [0.25, 0.3) is 0 Å². The van der Waals surface area contributed by atoms with Gasteiger partial charge in [-0.15, -0.1) is 0 Å². The number of rotatable bonds is 4. The van der Waals surface area contributed by atoms with Gasteiger partial charge in [0.15, 0.2) is 0 Å². The highest BCUT2D eigenvalue weighted by Crippen LogP contribution is 2.39. The number of carbonyl (C=O) groups excluding carboxylic acids is 1. The van der Waals surface area contributed by atoms with Crippen molar-refractivity contribution in [3.05, 3.63) is 58.3 Å². The number of hydrogen-bond donors (Lipinski definition) is 0. The Morgan fingerprint density at radius 1 is 1.15 bits per heavy atom. The fraction of sp³-hybridized carbons (Fsp3) is 0.536. The Balaban J connectivity index is 1.40. The molecule has 1 aromatic carbocycles. The number of anilines is 1. The second-order valence-electron chi connectivity index (χ2n) is 9.95. The second kappa shape index (κ2) is 10.1. The summed E-state index contributed by atoms with van der Waals surface area (Å²) in [6, 6.07) is 12.5. The van der Waals surface area contributed by atoms with Crippen molar-refractivity contribution in [3.63, 3.8) is 0 Å².